The van der Waals surface area contributed by atoms with Crippen LogP contribution in [-0.2, 0) is 4.74 Å². The topological polar surface area (TPSA) is 80.1 Å². The number of hydrogen-bond donors (Lipinski definition) is 3. The number of fused-ring (bicyclic) bond motifs is 1. The molecule has 2 aromatic rings. The van der Waals surface area contributed by atoms with Crippen molar-refractivity contribution in [2.75, 3.05) is 18.9 Å². The Labute approximate surface area is 123 Å². The van der Waals surface area contributed by atoms with Gasteiger partial charge in [0, 0.05) is 42.0 Å². The predicted octanol–water partition coefficient (Wildman–Crippen LogP) is 2.29. The fourth-order valence-corrected chi connectivity index (χ4v) is 2.94. The largest absolute Gasteiger partial charge is 0.399 e. The van der Waals surface area contributed by atoms with Crippen LogP contribution in [0, 0.1) is 5.92 Å². The molecule has 1 unspecified atom stereocenters. The third kappa shape index (κ3) is 2.88. The van der Waals surface area contributed by atoms with E-state index >= 15 is 0 Å². The lowest BCUT2D eigenvalue weighted by Gasteiger charge is -2.28. The van der Waals surface area contributed by atoms with E-state index in [2.05, 4.69) is 17.2 Å². The van der Waals surface area contributed by atoms with E-state index in [0.29, 0.717) is 17.2 Å². The summed E-state index contributed by atoms with van der Waals surface area (Å²) in [5, 5.41) is 3.98. The highest BCUT2D eigenvalue weighted by Gasteiger charge is 2.23. The zero-order valence-corrected chi connectivity index (χ0v) is 12.2. The lowest BCUT2D eigenvalue weighted by atomic mass is 9.93. The molecule has 2 heterocycles. The van der Waals surface area contributed by atoms with Crippen LogP contribution in [0.15, 0.2) is 24.4 Å². The molecule has 1 aliphatic rings. The third-order valence-corrected chi connectivity index (χ3v) is 4.28. The summed E-state index contributed by atoms with van der Waals surface area (Å²) in [7, 11) is 0. The third-order valence-electron chi connectivity index (χ3n) is 4.28. The molecule has 1 aromatic heterocycles. The van der Waals surface area contributed by atoms with Crippen LogP contribution in [0.3, 0.4) is 0 Å². The minimum absolute atomic E-state index is 0.0501. The van der Waals surface area contributed by atoms with E-state index in [-0.39, 0.29) is 11.9 Å². The summed E-state index contributed by atoms with van der Waals surface area (Å²) in [6.07, 6.45) is 3.75. The monoisotopic (exact) mass is 287 g/mol. The molecule has 0 bridgehead atoms. The SMILES string of the molecule is CC(NC(=O)c1c[nH]c2ccc(N)cc12)C1CCOCC1. The Morgan fingerprint density at radius 1 is 1.43 bits per heavy atom. The van der Waals surface area contributed by atoms with Gasteiger partial charge in [-0.15, -0.1) is 0 Å². The normalized spacial score (nSPS) is 17.8. The Kier molecular flexibility index (Phi) is 3.84. The van der Waals surface area contributed by atoms with Crippen LogP contribution >= 0.6 is 0 Å². The first-order valence-corrected chi connectivity index (χ1v) is 7.40. The second-order valence-corrected chi connectivity index (χ2v) is 5.72. The summed E-state index contributed by atoms with van der Waals surface area (Å²) in [5.41, 5.74) is 8.04. The number of hydrogen-bond acceptors (Lipinski definition) is 3. The van der Waals surface area contributed by atoms with Gasteiger partial charge in [0.05, 0.1) is 5.56 Å². The number of anilines is 1. The molecule has 1 aromatic carbocycles. The van der Waals surface area contributed by atoms with Crippen molar-refractivity contribution in [1.82, 2.24) is 10.3 Å². The molecule has 0 spiro atoms. The molecule has 21 heavy (non-hydrogen) atoms. The van der Waals surface area contributed by atoms with E-state index in [0.717, 1.165) is 37.0 Å². The van der Waals surface area contributed by atoms with Crippen molar-refractivity contribution in [1.29, 1.82) is 0 Å². The molecule has 5 nitrogen and oxygen atoms in total. The lowest BCUT2D eigenvalue weighted by Crippen LogP contribution is -2.40. The van der Waals surface area contributed by atoms with Crippen LogP contribution in [0.2, 0.25) is 0 Å². The molecular weight excluding hydrogens is 266 g/mol. The van der Waals surface area contributed by atoms with Gasteiger partial charge in [-0.3, -0.25) is 4.79 Å². The number of nitrogens with two attached hydrogens (primary N) is 1. The minimum Gasteiger partial charge on any atom is -0.399 e. The number of carbonyl (C=O) groups excluding carboxylic acids is 1. The van der Waals surface area contributed by atoms with Gasteiger partial charge in [-0.05, 0) is 43.9 Å². The quantitative estimate of drug-likeness (QED) is 0.758. The van der Waals surface area contributed by atoms with Crippen LogP contribution in [0.25, 0.3) is 10.9 Å². The highest BCUT2D eigenvalue weighted by molar-refractivity contribution is 6.07. The molecule has 1 saturated heterocycles. The maximum Gasteiger partial charge on any atom is 0.253 e. The van der Waals surface area contributed by atoms with Crippen molar-refractivity contribution < 1.29 is 9.53 Å². The van der Waals surface area contributed by atoms with Crippen molar-refractivity contribution in [2.45, 2.75) is 25.8 Å². The summed E-state index contributed by atoms with van der Waals surface area (Å²) in [5.74, 6) is 0.434. The smallest absolute Gasteiger partial charge is 0.253 e. The molecule has 5 heteroatoms. The first kappa shape index (κ1) is 13.9. The number of ether oxygens (including phenoxy) is 1. The second-order valence-electron chi connectivity index (χ2n) is 5.72. The molecular formula is C16H21N3O2. The lowest BCUT2D eigenvalue weighted by molar-refractivity contribution is 0.0538. The Hall–Kier alpha value is -2.01. The number of carbonyl (C=O) groups is 1. The number of nitrogens with one attached hydrogen (secondary N) is 2. The van der Waals surface area contributed by atoms with E-state index in [1.807, 2.05) is 18.2 Å². The van der Waals surface area contributed by atoms with Gasteiger partial charge >= 0.3 is 0 Å². The second kappa shape index (κ2) is 5.77. The van der Waals surface area contributed by atoms with Crippen LogP contribution in [0.1, 0.15) is 30.1 Å². The molecule has 112 valence electrons. The maximum atomic E-state index is 12.5. The zero-order valence-electron chi connectivity index (χ0n) is 12.2. The number of aromatic nitrogens is 1. The highest BCUT2D eigenvalue weighted by atomic mass is 16.5. The van der Waals surface area contributed by atoms with Gasteiger partial charge in [0.2, 0.25) is 0 Å². The highest BCUT2D eigenvalue weighted by Crippen LogP contribution is 2.22. The van der Waals surface area contributed by atoms with Crippen LogP contribution in [0.5, 0.6) is 0 Å². The molecule has 3 rings (SSSR count). The average molecular weight is 287 g/mol. The van der Waals surface area contributed by atoms with E-state index < -0.39 is 0 Å². The van der Waals surface area contributed by atoms with Crippen molar-refractivity contribution in [2.24, 2.45) is 5.92 Å². The van der Waals surface area contributed by atoms with Gasteiger partial charge in [-0.25, -0.2) is 0 Å². The van der Waals surface area contributed by atoms with Gasteiger partial charge < -0.3 is 20.8 Å². The van der Waals surface area contributed by atoms with Gasteiger partial charge in [0.1, 0.15) is 0 Å². The Morgan fingerprint density at radius 2 is 2.19 bits per heavy atom. The molecule has 1 atom stereocenters. The molecule has 1 aliphatic heterocycles. The van der Waals surface area contributed by atoms with Crippen LogP contribution < -0.4 is 11.1 Å². The van der Waals surface area contributed by atoms with Crippen molar-refractivity contribution >= 4 is 22.5 Å². The average Bonchev–Trinajstić information content (AvgIpc) is 2.91. The molecule has 4 N–H and O–H groups in total. The van der Waals surface area contributed by atoms with Crippen molar-refractivity contribution in [3.63, 3.8) is 0 Å². The minimum atomic E-state index is -0.0501. The Balaban J connectivity index is 1.75. The summed E-state index contributed by atoms with van der Waals surface area (Å²) in [4.78, 5) is 15.6. The standard InChI is InChI=1S/C16H21N3O2/c1-10(11-4-6-21-7-5-11)19-16(20)14-9-18-15-3-2-12(17)8-13(14)15/h2-3,8-11,18H,4-7,17H2,1H3,(H,19,20). The zero-order chi connectivity index (χ0) is 14.8. The molecule has 0 radical (unpaired) electrons. The number of H-pyrrole nitrogens is 1. The van der Waals surface area contributed by atoms with Crippen LogP contribution in [0.4, 0.5) is 5.69 Å². The number of benzene rings is 1. The fourth-order valence-electron chi connectivity index (χ4n) is 2.94. The Morgan fingerprint density at radius 3 is 2.95 bits per heavy atom. The van der Waals surface area contributed by atoms with Crippen LogP contribution in [-0.4, -0.2) is 30.1 Å². The summed E-state index contributed by atoms with van der Waals surface area (Å²) >= 11 is 0. The molecule has 1 amide bonds. The first-order valence-electron chi connectivity index (χ1n) is 7.40. The number of amides is 1. The number of nitrogen functional groups attached to an aromatic ring is 1. The maximum absolute atomic E-state index is 12.5. The van der Waals surface area contributed by atoms with Gasteiger partial charge in [0.15, 0.2) is 0 Å². The van der Waals surface area contributed by atoms with Gasteiger partial charge in [-0.2, -0.15) is 0 Å². The molecule has 0 aliphatic carbocycles. The Bertz CT molecular complexity index is 644. The summed E-state index contributed by atoms with van der Waals surface area (Å²) < 4.78 is 5.37. The molecule has 1 fully saturated rings. The first-order chi connectivity index (χ1) is 10.1. The number of aromatic amines is 1. The fraction of sp³-hybridized carbons (Fsp3) is 0.438. The summed E-state index contributed by atoms with van der Waals surface area (Å²) in [6.45, 7) is 3.64. The van der Waals surface area contributed by atoms with Crippen molar-refractivity contribution in [3.05, 3.63) is 30.0 Å². The summed E-state index contributed by atoms with van der Waals surface area (Å²) in [6, 6.07) is 5.70. The van der Waals surface area contributed by atoms with Gasteiger partial charge in [-0.1, -0.05) is 0 Å². The van der Waals surface area contributed by atoms with E-state index in [4.69, 9.17) is 10.5 Å². The number of rotatable bonds is 3. The predicted molar refractivity (Wildman–Crippen MR) is 83.2 cm³/mol. The van der Waals surface area contributed by atoms with E-state index in [9.17, 15) is 4.79 Å². The van der Waals surface area contributed by atoms with E-state index in [1.54, 1.807) is 6.20 Å². The van der Waals surface area contributed by atoms with E-state index in [1.165, 1.54) is 0 Å². The molecule has 0 saturated carbocycles. The van der Waals surface area contributed by atoms with Gasteiger partial charge in [0.25, 0.3) is 5.91 Å². The van der Waals surface area contributed by atoms with Crippen molar-refractivity contribution in [3.8, 4) is 0 Å².